The zero-order valence-electron chi connectivity index (χ0n) is 11.6. The topological polar surface area (TPSA) is 100 Å². The van der Waals surface area contributed by atoms with Gasteiger partial charge in [-0.2, -0.15) is 0 Å². The Hall–Kier alpha value is -2.14. The maximum atomic E-state index is 5.75. The van der Waals surface area contributed by atoms with Gasteiger partial charge in [0.25, 0.3) is 0 Å². The molecule has 2 rings (SSSR count). The molecular formula is C15H19ClN4O. The predicted octanol–water partition coefficient (Wildman–Crippen LogP) is 2.19. The van der Waals surface area contributed by atoms with E-state index < -0.39 is 0 Å². The SMILES string of the molecule is NC(N)=C(/C=C/c1ccnc(OC2CCC2)c1)/C=C(\N)Cl. The summed E-state index contributed by atoms with van der Waals surface area (Å²) in [5, 5.41) is 0.117. The molecule has 6 heteroatoms. The number of pyridine rings is 1. The smallest absolute Gasteiger partial charge is 0.214 e. The van der Waals surface area contributed by atoms with Crippen molar-refractivity contribution in [2.45, 2.75) is 25.4 Å². The highest BCUT2D eigenvalue weighted by Crippen LogP contribution is 2.24. The molecule has 1 aliphatic rings. The number of nitrogens with zero attached hydrogens (tertiary/aromatic N) is 1. The van der Waals surface area contributed by atoms with Crippen LogP contribution in [0, 0.1) is 0 Å². The highest BCUT2D eigenvalue weighted by Gasteiger charge is 2.19. The lowest BCUT2D eigenvalue weighted by Gasteiger charge is -2.25. The van der Waals surface area contributed by atoms with E-state index in [-0.39, 0.29) is 11.0 Å². The van der Waals surface area contributed by atoms with Crippen LogP contribution in [0.4, 0.5) is 0 Å². The van der Waals surface area contributed by atoms with E-state index in [4.69, 9.17) is 33.5 Å². The molecule has 1 aromatic heterocycles. The zero-order chi connectivity index (χ0) is 15.2. The summed E-state index contributed by atoms with van der Waals surface area (Å²) in [5.41, 5.74) is 18.1. The Morgan fingerprint density at radius 3 is 2.67 bits per heavy atom. The third-order valence-corrected chi connectivity index (χ3v) is 3.29. The van der Waals surface area contributed by atoms with Crippen molar-refractivity contribution in [3.63, 3.8) is 0 Å². The van der Waals surface area contributed by atoms with Crippen LogP contribution in [-0.2, 0) is 0 Å². The van der Waals surface area contributed by atoms with Gasteiger partial charge in [0.15, 0.2) is 0 Å². The molecule has 0 aromatic carbocycles. The lowest BCUT2D eigenvalue weighted by atomic mass is 9.96. The highest BCUT2D eigenvalue weighted by molar-refractivity contribution is 6.29. The number of ether oxygens (including phenoxy) is 1. The number of halogens is 1. The monoisotopic (exact) mass is 306 g/mol. The second kappa shape index (κ2) is 7.04. The van der Waals surface area contributed by atoms with Gasteiger partial charge in [0.05, 0.1) is 5.16 Å². The first kappa shape index (κ1) is 15.3. The third kappa shape index (κ3) is 4.72. The van der Waals surface area contributed by atoms with E-state index in [2.05, 4.69) is 4.98 Å². The van der Waals surface area contributed by atoms with Gasteiger partial charge in [0.2, 0.25) is 5.88 Å². The van der Waals surface area contributed by atoms with Gasteiger partial charge in [0.1, 0.15) is 11.9 Å². The average molecular weight is 307 g/mol. The second-order valence-corrected chi connectivity index (χ2v) is 5.31. The number of hydrogen-bond acceptors (Lipinski definition) is 5. The Balaban J connectivity index is 2.10. The number of rotatable bonds is 5. The maximum absolute atomic E-state index is 5.75. The van der Waals surface area contributed by atoms with Crippen LogP contribution in [0.1, 0.15) is 24.8 Å². The van der Waals surface area contributed by atoms with Crippen molar-refractivity contribution in [3.05, 3.63) is 52.6 Å². The summed E-state index contributed by atoms with van der Waals surface area (Å²) < 4.78 is 5.75. The lowest BCUT2D eigenvalue weighted by Crippen LogP contribution is -2.24. The van der Waals surface area contributed by atoms with E-state index in [1.54, 1.807) is 12.3 Å². The van der Waals surface area contributed by atoms with Gasteiger partial charge in [-0.3, -0.25) is 0 Å². The molecule has 0 saturated heterocycles. The Morgan fingerprint density at radius 2 is 2.10 bits per heavy atom. The summed E-state index contributed by atoms with van der Waals surface area (Å²) in [5.74, 6) is 0.773. The fourth-order valence-electron chi connectivity index (χ4n) is 1.81. The summed E-state index contributed by atoms with van der Waals surface area (Å²) in [7, 11) is 0. The molecule has 5 nitrogen and oxygen atoms in total. The van der Waals surface area contributed by atoms with E-state index in [0.717, 1.165) is 18.4 Å². The molecule has 0 amide bonds. The largest absolute Gasteiger partial charge is 0.474 e. The van der Waals surface area contributed by atoms with Crippen molar-refractivity contribution >= 4 is 17.7 Å². The molecule has 1 fully saturated rings. The minimum Gasteiger partial charge on any atom is -0.474 e. The van der Waals surface area contributed by atoms with E-state index in [9.17, 15) is 0 Å². The number of aromatic nitrogens is 1. The standard InChI is InChI=1S/C15H19ClN4O/c16-13(17)9-11(15(18)19)5-4-10-6-7-20-14(8-10)21-12-2-1-3-12/h4-9,12H,1-3,17-19H2/b5-4+,13-9-. The van der Waals surface area contributed by atoms with Gasteiger partial charge in [-0.05, 0) is 37.0 Å². The molecule has 1 heterocycles. The fraction of sp³-hybridized carbons (Fsp3) is 0.267. The Bertz CT molecular complexity index is 583. The van der Waals surface area contributed by atoms with E-state index in [1.165, 1.54) is 12.5 Å². The zero-order valence-corrected chi connectivity index (χ0v) is 12.4. The van der Waals surface area contributed by atoms with Crippen molar-refractivity contribution in [2.75, 3.05) is 0 Å². The van der Waals surface area contributed by atoms with Crippen LogP contribution in [0.25, 0.3) is 6.08 Å². The second-order valence-electron chi connectivity index (χ2n) is 4.87. The van der Waals surface area contributed by atoms with Crippen molar-refractivity contribution in [3.8, 4) is 5.88 Å². The summed E-state index contributed by atoms with van der Waals surface area (Å²) in [6, 6.07) is 3.73. The molecule has 112 valence electrons. The quantitative estimate of drug-likeness (QED) is 0.572. The number of allylic oxidation sites excluding steroid dienone is 3. The fourth-order valence-corrected chi connectivity index (χ4v) is 1.93. The molecule has 0 atom stereocenters. The van der Waals surface area contributed by atoms with E-state index in [1.807, 2.05) is 18.2 Å². The molecule has 0 spiro atoms. The molecule has 1 aromatic rings. The van der Waals surface area contributed by atoms with Gasteiger partial charge >= 0.3 is 0 Å². The van der Waals surface area contributed by atoms with Crippen LogP contribution in [0.15, 0.2) is 47.0 Å². The van der Waals surface area contributed by atoms with E-state index >= 15 is 0 Å². The van der Waals surface area contributed by atoms with Crippen molar-refractivity contribution in [2.24, 2.45) is 17.2 Å². The maximum Gasteiger partial charge on any atom is 0.214 e. The van der Waals surface area contributed by atoms with Gasteiger partial charge in [-0.25, -0.2) is 4.98 Å². The normalized spacial score (nSPS) is 15.8. The van der Waals surface area contributed by atoms with Crippen molar-refractivity contribution < 1.29 is 4.74 Å². The van der Waals surface area contributed by atoms with Crippen LogP contribution >= 0.6 is 11.6 Å². The first-order chi connectivity index (χ1) is 10.0. The van der Waals surface area contributed by atoms with E-state index in [0.29, 0.717) is 17.6 Å². The molecule has 0 radical (unpaired) electrons. The molecule has 0 unspecified atom stereocenters. The first-order valence-corrected chi connectivity index (χ1v) is 7.11. The van der Waals surface area contributed by atoms with Gasteiger partial charge < -0.3 is 21.9 Å². The lowest BCUT2D eigenvalue weighted by molar-refractivity contribution is 0.114. The summed E-state index contributed by atoms with van der Waals surface area (Å²) in [4.78, 5) is 4.20. The molecule has 1 aliphatic carbocycles. The summed E-state index contributed by atoms with van der Waals surface area (Å²) in [6.07, 6.45) is 10.5. The van der Waals surface area contributed by atoms with Gasteiger partial charge in [-0.15, -0.1) is 0 Å². The van der Waals surface area contributed by atoms with Crippen LogP contribution < -0.4 is 21.9 Å². The molecular weight excluding hydrogens is 288 g/mol. The van der Waals surface area contributed by atoms with Crippen LogP contribution in [0.3, 0.4) is 0 Å². The first-order valence-electron chi connectivity index (χ1n) is 6.73. The average Bonchev–Trinajstić information content (AvgIpc) is 2.39. The number of hydrogen-bond donors (Lipinski definition) is 3. The predicted molar refractivity (Wildman–Crippen MR) is 85.1 cm³/mol. The van der Waals surface area contributed by atoms with Crippen LogP contribution in [-0.4, -0.2) is 11.1 Å². The van der Waals surface area contributed by atoms with Crippen molar-refractivity contribution in [1.82, 2.24) is 4.98 Å². The minimum absolute atomic E-state index is 0.117. The van der Waals surface area contributed by atoms with Gasteiger partial charge in [0, 0.05) is 17.8 Å². The molecule has 6 N–H and O–H groups in total. The Morgan fingerprint density at radius 1 is 1.33 bits per heavy atom. The summed E-state index contributed by atoms with van der Waals surface area (Å²) >= 11 is 5.63. The highest BCUT2D eigenvalue weighted by atomic mass is 35.5. The molecule has 0 bridgehead atoms. The van der Waals surface area contributed by atoms with Crippen LogP contribution in [0.5, 0.6) is 5.88 Å². The van der Waals surface area contributed by atoms with Crippen LogP contribution in [0.2, 0.25) is 0 Å². The van der Waals surface area contributed by atoms with Crippen molar-refractivity contribution in [1.29, 1.82) is 0 Å². The molecule has 1 saturated carbocycles. The third-order valence-electron chi connectivity index (χ3n) is 3.18. The molecule has 0 aliphatic heterocycles. The Kier molecular flexibility index (Phi) is 5.11. The summed E-state index contributed by atoms with van der Waals surface area (Å²) in [6.45, 7) is 0. The number of nitrogens with two attached hydrogens (primary N) is 3. The molecule has 21 heavy (non-hydrogen) atoms. The van der Waals surface area contributed by atoms with Gasteiger partial charge in [-0.1, -0.05) is 23.8 Å². The minimum atomic E-state index is 0.117. The Labute approximate surface area is 129 Å².